The zero-order valence-corrected chi connectivity index (χ0v) is 17.1. The molecule has 2 atom stereocenters. The summed E-state index contributed by atoms with van der Waals surface area (Å²) in [7, 11) is 0. The van der Waals surface area contributed by atoms with Gasteiger partial charge in [-0.15, -0.1) is 0 Å². The van der Waals surface area contributed by atoms with E-state index in [-0.39, 0.29) is 11.6 Å². The van der Waals surface area contributed by atoms with Gasteiger partial charge in [0.25, 0.3) is 0 Å². The van der Waals surface area contributed by atoms with Gasteiger partial charge in [0.05, 0.1) is 12.1 Å². The number of hydrogen-bond acceptors (Lipinski definition) is 4. The first kappa shape index (κ1) is 21.3. The molecular weight excluding hydrogens is 419 g/mol. The van der Waals surface area contributed by atoms with Crippen LogP contribution < -0.4 is 0 Å². The Morgan fingerprint density at radius 2 is 0.900 bits per heavy atom. The van der Waals surface area contributed by atoms with Crippen molar-refractivity contribution in [1.29, 1.82) is 10.5 Å². The molecule has 0 bridgehead atoms. The predicted molar refractivity (Wildman–Crippen MR) is 115 cm³/mol. The summed E-state index contributed by atoms with van der Waals surface area (Å²) >= 11 is 11.7. The standard InChI is InChI=1S/C24H14Cl2N2O2/c25-19-9-5-15(6-10-19)21(13-27)23(29)17-1-2-18(4-3-17)24(30)22(14-28)16-7-11-20(26)12-8-16/h1-12,21-22H. The zero-order chi connectivity index (χ0) is 21.7. The quantitative estimate of drug-likeness (QED) is 0.448. The molecule has 0 N–H and O–H groups in total. The maximum atomic E-state index is 12.8. The number of nitrogens with zero attached hydrogens (tertiary/aromatic N) is 2. The Kier molecular flexibility index (Phi) is 6.65. The van der Waals surface area contributed by atoms with Gasteiger partial charge in [-0.05, 0) is 35.4 Å². The van der Waals surface area contributed by atoms with Crippen molar-refractivity contribution in [2.45, 2.75) is 11.8 Å². The van der Waals surface area contributed by atoms with Crippen molar-refractivity contribution < 1.29 is 9.59 Å². The van der Waals surface area contributed by atoms with Crippen LogP contribution in [0.3, 0.4) is 0 Å². The number of carbonyl (C=O) groups is 2. The van der Waals surface area contributed by atoms with Gasteiger partial charge >= 0.3 is 0 Å². The van der Waals surface area contributed by atoms with Crippen LogP contribution in [0.5, 0.6) is 0 Å². The summed E-state index contributed by atoms with van der Waals surface area (Å²) in [5.74, 6) is -2.73. The van der Waals surface area contributed by atoms with E-state index in [4.69, 9.17) is 23.2 Å². The van der Waals surface area contributed by atoms with Gasteiger partial charge in [-0.3, -0.25) is 9.59 Å². The molecule has 6 heteroatoms. The fraction of sp³-hybridized carbons (Fsp3) is 0.0833. The largest absolute Gasteiger partial charge is 0.292 e. The lowest BCUT2D eigenvalue weighted by Gasteiger charge is -2.11. The van der Waals surface area contributed by atoms with Gasteiger partial charge in [0.2, 0.25) is 0 Å². The molecule has 0 saturated heterocycles. The van der Waals surface area contributed by atoms with E-state index in [2.05, 4.69) is 0 Å². The second kappa shape index (κ2) is 9.37. The maximum Gasteiger partial charge on any atom is 0.184 e. The third-order valence-corrected chi connectivity index (χ3v) is 5.15. The summed E-state index contributed by atoms with van der Waals surface area (Å²) in [5, 5.41) is 20.0. The summed E-state index contributed by atoms with van der Waals surface area (Å²) in [5.41, 5.74) is 1.68. The van der Waals surface area contributed by atoms with Crippen molar-refractivity contribution in [3.05, 3.63) is 105 Å². The molecule has 3 aromatic rings. The van der Waals surface area contributed by atoms with Crippen LogP contribution in [0.15, 0.2) is 72.8 Å². The highest BCUT2D eigenvalue weighted by Crippen LogP contribution is 2.25. The van der Waals surface area contributed by atoms with Crippen LogP contribution in [0, 0.1) is 22.7 Å². The highest BCUT2D eigenvalue weighted by Gasteiger charge is 2.24. The van der Waals surface area contributed by atoms with E-state index >= 15 is 0 Å². The van der Waals surface area contributed by atoms with E-state index < -0.39 is 11.8 Å². The summed E-state index contributed by atoms with van der Waals surface area (Å²) < 4.78 is 0. The molecule has 2 unspecified atom stereocenters. The SMILES string of the molecule is N#CC(C(=O)c1ccc(C(=O)C(C#N)c2ccc(Cl)cc2)cc1)c1ccc(Cl)cc1. The van der Waals surface area contributed by atoms with E-state index in [1.807, 2.05) is 12.1 Å². The van der Waals surface area contributed by atoms with Crippen LogP contribution >= 0.6 is 23.2 Å². The third kappa shape index (κ3) is 4.58. The Labute approximate surface area is 183 Å². The first-order valence-corrected chi connectivity index (χ1v) is 9.69. The fourth-order valence-electron chi connectivity index (χ4n) is 3.01. The van der Waals surface area contributed by atoms with E-state index in [1.54, 1.807) is 48.5 Å². The van der Waals surface area contributed by atoms with Crippen LogP contribution in [-0.4, -0.2) is 11.6 Å². The minimum absolute atomic E-state index is 0.299. The molecule has 30 heavy (non-hydrogen) atoms. The van der Waals surface area contributed by atoms with Crippen LogP contribution in [0.4, 0.5) is 0 Å². The Hall–Kier alpha value is -3.44. The van der Waals surface area contributed by atoms with Crippen molar-refractivity contribution in [2.75, 3.05) is 0 Å². The molecule has 0 aliphatic carbocycles. The van der Waals surface area contributed by atoms with Crippen molar-refractivity contribution in [2.24, 2.45) is 0 Å². The molecule has 3 aromatic carbocycles. The second-order valence-corrected chi connectivity index (χ2v) is 7.41. The van der Waals surface area contributed by atoms with Crippen molar-refractivity contribution >= 4 is 34.8 Å². The number of benzene rings is 3. The summed E-state index contributed by atoms with van der Waals surface area (Å²) in [4.78, 5) is 25.6. The molecule has 0 heterocycles. The summed E-state index contributed by atoms with van der Waals surface area (Å²) in [6, 6.07) is 23.0. The molecule has 0 amide bonds. The molecule has 0 spiro atoms. The van der Waals surface area contributed by atoms with Crippen molar-refractivity contribution in [3.63, 3.8) is 0 Å². The van der Waals surface area contributed by atoms with Gasteiger partial charge in [-0.1, -0.05) is 71.7 Å². The molecule has 0 aliphatic rings. The van der Waals surface area contributed by atoms with Gasteiger partial charge in [0.1, 0.15) is 11.8 Å². The van der Waals surface area contributed by atoms with Crippen molar-refractivity contribution in [1.82, 2.24) is 0 Å². The lowest BCUT2D eigenvalue weighted by Crippen LogP contribution is -2.13. The molecular formula is C24H14Cl2N2O2. The predicted octanol–water partition coefficient (Wildman–Crippen LogP) is 5.97. The van der Waals surface area contributed by atoms with Crippen LogP contribution in [0.25, 0.3) is 0 Å². The molecule has 3 rings (SSSR count). The van der Waals surface area contributed by atoms with E-state index in [0.717, 1.165) is 0 Å². The van der Waals surface area contributed by atoms with Gasteiger partial charge in [-0.2, -0.15) is 10.5 Å². The summed E-state index contributed by atoms with van der Waals surface area (Å²) in [6.45, 7) is 0. The number of halogens is 2. The van der Waals surface area contributed by atoms with Crippen LogP contribution in [-0.2, 0) is 0 Å². The monoisotopic (exact) mass is 432 g/mol. The first-order chi connectivity index (χ1) is 14.4. The third-order valence-electron chi connectivity index (χ3n) is 4.64. The number of nitriles is 2. The smallest absolute Gasteiger partial charge is 0.184 e. The molecule has 0 saturated carbocycles. The molecule has 0 aromatic heterocycles. The first-order valence-electron chi connectivity index (χ1n) is 8.93. The molecule has 4 nitrogen and oxygen atoms in total. The maximum absolute atomic E-state index is 12.8. The van der Waals surface area contributed by atoms with Crippen LogP contribution in [0.1, 0.15) is 43.7 Å². The minimum Gasteiger partial charge on any atom is -0.292 e. The number of rotatable bonds is 6. The van der Waals surface area contributed by atoms with Gasteiger partial charge in [-0.25, -0.2) is 0 Å². The highest BCUT2D eigenvalue weighted by molar-refractivity contribution is 6.30. The highest BCUT2D eigenvalue weighted by atomic mass is 35.5. The number of carbonyl (C=O) groups excluding carboxylic acids is 2. The lowest BCUT2D eigenvalue weighted by atomic mass is 9.89. The Bertz CT molecular complexity index is 1060. The Balaban J connectivity index is 1.82. The molecule has 0 fully saturated rings. The fourth-order valence-corrected chi connectivity index (χ4v) is 3.26. The number of hydrogen-bond donors (Lipinski definition) is 0. The van der Waals surface area contributed by atoms with Gasteiger partial charge in [0, 0.05) is 21.2 Å². The molecule has 0 aliphatic heterocycles. The average Bonchev–Trinajstić information content (AvgIpc) is 2.77. The van der Waals surface area contributed by atoms with E-state index in [9.17, 15) is 20.1 Å². The Morgan fingerprint density at radius 3 is 1.17 bits per heavy atom. The van der Waals surface area contributed by atoms with Crippen LogP contribution in [0.2, 0.25) is 10.0 Å². The van der Waals surface area contributed by atoms with E-state index in [0.29, 0.717) is 32.3 Å². The zero-order valence-electron chi connectivity index (χ0n) is 15.5. The lowest BCUT2D eigenvalue weighted by molar-refractivity contribution is 0.0967. The average molecular weight is 433 g/mol. The minimum atomic E-state index is -0.982. The van der Waals surface area contributed by atoms with Gasteiger partial charge in [0.15, 0.2) is 11.6 Å². The van der Waals surface area contributed by atoms with Crippen molar-refractivity contribution in [3.8, 4) is 12.1 Å². The summed E-state index contributed by atoms with van der Waals surface area (Å²) in [6.07, 6.45) is 0. The second-order valence-electron chi connectivity index (χ2n) is 6.53. The molecule has 0 radical (unpaired) electrons. The molecule has 146 valence electrons. The Morgan fingerprint density at radius 1 is 0.600 bits per heavy atom. The number of ketones is 2. The number of Topliss-reactive ketones (excluding diaryl/α,β-unsaturated/α-hetero) is 2. The van der Waals surface area contributed by atoms with Gasteiger partial charge < -0.3 is 0 Å². The normalized spacial score (nSPS) is 12.3. The van der Waals surface area contributed by atoms with E-state index in [1.165, 1.54) is 24.3 Å². The topological polar surface area (TPSA) is 81.7 Å².